The predicted molar refractivity (Wildman–Crippen MR) is 50.2 cm³/mol. The second-order valence-corrected chi connectivity index (χ2v) is 3.62. The molecule has 0 fully saturated rings. The van der Waals surface area contributed by atoms with E-state index in [0.717, 1.165) is 5.56 Å². The van der Waals surface area contributed by atoms with Gasteiger partial charge in [-0.15, -0.1) is 0 Å². The van der Waals surface area contributed by atoms with E-state index < -0.39 is 11.8 Å². The van der Waals surface area contributed by atoms with Gasteiger partial charge in [0.05, 0.1) is 6.42 Å². The van der Waals surface area contributed by atoms with E-state index >= 15 is 0 Å². The van der Waals surface area contributed by atoms with Crippen molar-refractivity contribution in [1.82, 2.24) is 0 Å². The van der Waals surface area contributed by atoms with Gasteiger partial charge in [-0.25, -0.2) is 4.39 Å². The van der Waals surface area contributed by atoms with E-state index in [2.05, 4.69) is 15.9 Å². The molecule has 13 heavy (non-hydrogen) atoms. The van der Waals surface area contributed by atoms with Gasteiger partial charge in [-0.2, -0.15) is 0 Å². The summed E-state index contributed by atoms with van der Waals surface area (Å²) in [5.41, 5.74) is 1.05. The minimum Gasteiger partial charge on any atom is -0.481 e. The van der Waals surface area contributed by atoms with E-state index in [0.29, 0.717) is 4.47 Å². The van der Waals surface area contributed by atoms with Crippen molar-refractivity contribution in [2.45, 2.75) is 13.3 Å². The van der Waals surface area contributed by atoms with E-state index in [1.54, 1.807) is 6.92 Å². The Morgan fingerprint density at radius 3 is 2.77 bits per heavy atom. The molecule has 4 heteroatoms. The van der Waals surface area contributed by atoms with Crippen LogP contribution in [0.3, 0.4) is 0 Å². The van der Waals surface area contributed by atoms with Crippen molar-refractivity contribution >= 4 is 21.9 Å². The molecule has 0 unspecified atom stereocenters. The topological polar surface area (TPSA) is 37.3 Å². The number of benzene rings is 1. The predicted octanol–water partition coefficient (Wildman–Crippen LogP) is 2.52. The molecule has 0 heterocycles. The quantitative estimate of drug-likeness (QED) is 0.871. The van der Waals surface area contributed by atoms with Crippen LogP contribution in [0.2, 0.25) is 0 Å². The Balaban J connectivity index is 3.08. The van der Waals surface area contributed by atoms with Gasteiger partial charge in [0, 0.05) is 4.47 Å². The van der Waals surface area contributed by atoms with Gasteiger partial charge in [0.25, 0.3) is 0 Å². The number of carboxylic acid groups (broad SMARTS) is 1. The summed E-state index contributed by atoms with van der Waals surface area (Å²) < 4.78 is 13.7. The normalized spacial score (nSPS) is 10.1. The van der Waals surface area contributed by atoms with E-state index in [9.17, 15) is 9.18 Å². The summed E-state index contributed by atoms with van der Waals surface area (Å²) in [6.07, 6.45) is -0.278. The number of hydrogen-bond donors (Lipinski definition) is 1. The molecule has 2 nitrogen and oxygen atoms in total. The largest absolute Gasteiger partial charge is 0.481 e. The maximum absolute atomic E-state index is 13.1. The molecule has 0 saturated heterocycles. The Kier molecular flexibility index (Phi) is 3.03. The third kappa shape index (κ3) is 2.52. The molecule has 0 aromatic heterocycles. The number of carboxylic acids is 1. The van der Waals surface area contributed by atoms with Crippen molar-refractivity contribution in [3.8, 4) is 0 Å². The van der Waals surface area contributed by atoms with Crippen LogP contribution in [0, 0.1) is 12.7 Å². The Hall–Kier alpha value is -0.900. The smallest absolute Gasteiger partial charge is 0.307 e. The van der Waals surface area contributed by atoms with Crippen LogP contribution in [0.15, 0.2) is 16.6 Å². The van der Waals surface area contributed by atoms with Crippen LogP contribution < -0.4 is 0 Å². The van der Waals surface area contributed by atoms with Gasteiger partial charge in [0.1, 0.15) is 5.82 Å². The number of aliphatic carboxylic acids is 1. The molecule has 70 valence electrons. The average Bonchev–Trinajstić information content (AvgIpc) is 1.99. The van der Waals surface area contributed by atoms with Crippen molar-refractivity contribution < 1.29 is 14.3 Å². The minimum absolute atomic E-state index is 0.216. The summed E-state index contributed by atoms with van der Waals surface area (Å²) in [5.74, 6) is -1.51. The number of rotatable bonds is 2. The van der Waals surface area contributed by atoms with E-state index in [-0.39, 0.29) is 12.0 Å². The van der Waals surface area contributed by atoms with Crippen molar-refractivity contribution in [2.75, 3.05) is 0 Å². The molecule has 1 aromatic carbocycles. The second kappa shape index (κ2) is 3.87. The Labute approximate surface area is 83.5 Å². The summed E-state index contributed by atoms with van der Waals surface area (Å²) in [6, 6.07) is 2.82. The number of aryl methyl sites for hydroxylation is 1. The Morgan fingerprint density at radius 1 is 1.62 bits per heavy atom. The van der Waals surface area contributed by atoms with Crippen LogP contribution in [0.25, 0.3) is 0 Å². The van der Waals surface area contributed by atoms with E-state index in [4.69, 9.17) is 5.11 Å². The first-order valence-electron chi connectivity index (χ1n) is 3.67. The number of hydrogen-bond acceptors (Lipinski definition) is 1. The van der Waals surface area contributed by atoms with Gasteiger partial charge in [-0.1, -0.05) is 22.0 Å². The molecular weight excluding hydrogens is 239 g/mol. The first-order chi connectivity index (χ1) is 6.00. The molecule has 0 aliphatic heterocycles. The highest BCUT2D eigenvalue weighted by Crippen LogP contribution is 2.20. The fourth-order valence-corrected chi connectivity index (χ4v) is 1.33. The lowest BCUT2D eigenvalue weighted by Gasteiger charge is -2.03. The van der Waals surface area contributed by atoms with Crippen molar-refractivity contribution in [3.63, 3.8) is 0 Å². The zero-order chi connectivity index (χ0) is 10.0. The van der Waals surface area contributed by atoms with Crippen molar-refractivity contribution in [1.29, 1.82) is 0 Å². The maximum atomic E-state index is 13.1. The highest BCUT2D eigenvalue weighted by atomic mass is 79.9. The van der Waals surface area contributed by atoms with Gasteiger partial charge in [-0.3, -0.25) is 4.79 Å². The Morgan fingerprint density at radius 2 is 2.23 bits per heavy atom. The Bertz CT molecular complexity index is 350. The first kappa shape index (κ1) is 10.2. The lowest BCUT2D eigenvalue weighted by molar-refractivity contribution is -0.136. The van der Waals surface area contributed by atoms with Gasteiger partial charge in [0.2, 0.25) is 0 Å². The van der Waals surface area contributed by atoms with Crippen LogP contribution in [0.4, 0.5) is 4.39 Å². The van der Waals surface area contributed by atoms with Gasteiger partial charge < -0.3 is 5.11 Å². The third-order valence-electron chi connectivity index (χ3n) is 1.67. The number of carbonyl (C=O) groups is 1. The molecule has 0 saturated carbocycles. The summed E-state index contributed by atoms with van der Waals surface area (Å²) in [4.78, 5) is 10.3. The fraction of sp³-hybridized carbons (Fsp3) is 0.222. The molecule has 0 aliphatic rings. The van der Waals surface area contributed by atoms with Crippen LogP contribution in [-0.2, 0) is 11.2 Å². The molecule has 1 N–H and O–H groups in total. The lowest BCUT2D eigenvalue weighted by Crippen LogP contribution is -2.03. The molecule has 0 bridgehead atoms. The van der Waals surface area contributed by atoms with Gasteiger partial charge in [-0.05, 0) is 24.1 Å². The third-order valence-corrected chi connectivity index (χ3v) is 2.52. The zero-order valence-corrected chi connectivity index (χ0v) is 8.56. The van der Waals surface area contributed by atoms with Crippen LogP contribution in [-0.4, -0.2) is 11.1 Å². The molecule has 0 aliphatic carbocycles. The van der Waals surface area contributed by atoms with E-state index in [1.807, 2.05) is 0 Å². The standard InChI is InChI=1S/C9H8BrFO2/c1-5-2-6(3-9(12)13)8(11)4-7(5)10/h2,4H,3H2,1H3,(H,12,13). The summed E-state index contributed by atoms with van der Waals surface area (Å²) in [5, 5.41) is 8.47. The molecule has 0 atom stereocenters. The number of halogens is 2. The first-order valence-corrected chi connectivity index (χ1v) is 4.46. The molecule has 0 amide bonds. The lowest BCUT2D eigenvalue weighted by atomic mass is 10.1. The van der Waals surface area contributed by atoms with Crippen LogP contribution >= 0.6 is 15.9 Å². The molecule has 1 rings (SSSR count). The SMILES string of the molecule is Cc1cc(CC(=O)O)c(F)cc1Br. The maximum Gasteiger partial charge on any atom is 0.307 e. The van der Waals surface area contributed by atoms with Crippen molar-refractivity contribution in [2.24, 2.45) is 0 Å². The monoisotopic (exact) mass is 246 g/mol. The van der Waals surface area contributed by atoms with Crippen LogP contribution in [0.5, 0.6) is 0 Å². The zero-order valence-electron chi connectivity index (χ0n) is 6.97. The average molecular weight is 247 g/mol. The van der Waals surface area contributed by atoms with Gasteiger partial charge >= 0.3 is 5.97 Å². The second-order valence-electron chi connectivity index (χ2n) is 2.76. The molecule has 1 aromatic rings. The minimum atomic E-state index is -1.03. The summed E-state index contributed by atoms with van der Waals surface area (Å²) in [7, 11) is 0. The fourth-order valence-electron chi connectivity index (χ4n) is 1.02. The highest BCUT2D eigenvalue weighted by molar-refractivity contribution is 9.10. The highest BCUT2D eigenvalue weighted by Gasteiger charge is 2.08. The van der Waals surface area contributed by atoms with Crippen molar-refractivity contribution in [3.05, 3.63) is 33.5 Å². The van der Waals surface area contributed by atoms with Gasteiger partial charge in [0.15, 0.2) is 0 Å². The summed E-state index contributed by atoms with van der Waals surface area (Å²) >= 11 is 3.16. The van der Waals surface area contributed by atoms with E-state index in [1.165, 1.54) is 12.1 Å². The molecular formula is C9H8BrFO2. The molecule has 0 radical (unpaired) electrons. The molecule has 0 spiro atoms. The summed E-state index contributed by atoms with van der Waals surface area (Å²) in [6.45, 7) is 1.79. The van der Waals surface area contributed by atoms with Crippen LogP contribution in [0.1, 0.15) is 11.1 Å².